The van der Waals surface area contributed by atoms with Gasteiger partial charge in [0, 0.05) is 29.7 Å². The summed E-state index contributed by atoms with van der Waals surface area (Å²) in [6.07, 6.45) is 5.12. The van der Waals surface area contributed by atoms with E-state index in [1.807, 2.05) is 13.0 Å². The number of aryl methyl sites for hydroxylation is 1. The Morgan fingerprint density at radius 2 is 2.03 bits per heavy atom. The summed E-state index contributed by atoms with van der Waals surface area (Å²) in [5.74, 6) is 1.31. The Kier molecular flexibility index (Phi) is 5.02. The van der Waals surface area contributed by atoms with Crippen molar-refractivity contribution in [1.29, 1.82) is 5.26 Å². The van der Waals surface area contributed by atoms with E-state index in [-0.39, 0.29) is 35.0 Å². The van der Waals surface area contributed by atoms with Gasteiger partial charge in [-0.15, -0.1) is 10.2 Å². The van der Waals surface area contributed by atoms with Crippen molar-refractivity contribution in [3.8, 4) is 34.6 Å². The van der Waals surface area contributed by atoms with Crippen molar-refractivity contribution in [3.63, 3.8) is 0 Å². The Balaban J connectivity index is 1.28. The van der Waals surface area contributed by atoms with E-state index in [4.69, 9.17) is 5.26 Å². The SMILES string of the molecule is Cn1nc(-c2ccc(-c3ncc(N(C4CC4)[C@@H]4C[C@@]5(C)CC[C@](C)(N5)[C@@H]4F)nn3)c(O)c2)nc1C#N. The summed E-state index contributed by atoms with van der Waals surface area (Å²) in [5, 5.41) is 36.3. The van der Waals surface area contributed by atoms with Gasteiger partial charge in [0.2, 0.25) is 5.82 Å². The number of hydrogen-bond acceptors (Lipinski definition) is 9. The minimum Gasteiger partial charge on any atom is -0.507 e. The minimum absolute atomic E-state index is 0.0494. The number of halogens is 1. The van der Waals surface area contributed by atoms with E-state index in [0.29, 0.717) is 29.2 Å². The van der Waals surface area contributed by atoms with Gasteiger partial charge in [-0.05, 0) is 58.1 Å². The number of phenolic OH excluding ortho intramolecular Hbond substituents is 1. The van der Waals surface area contributed by atoms with Crippen LogP contribution in [0.5, 0.6) is 5.75 Å². The standard InChI is InChI=1S/C25H28FN9O/c1-24-8-9-25(2,33-24)21(26)17(11-24)35(15-5-6-15)20-13-28-23(31-30-20)16-7-4-14(10-18(16)36)22-29-19(12-27)34(3)32-22/h4,7,10,13,15,17,21,33,36H,5-6,8-9,11H2,1-3H3/t17-,21-,24-,25+/m1/s1. The van der Waals surface area contributed by atoms with E-state index in [2.05, 4.69) is 42.4 Å². The van der Waals surface area contributed by atoms with E-state index in [1.165, 1.54) is 10.7 Å². The van der Waals surface area contributed by atoms with Crippen LogP contribution in [0.3, 0.4) is 0 Å². The molecule has 3 fully saturated rings. The van der Waals surface area contributed by atoms with Crippen LogP contribution in [0.25, 0.3) is 22.8 Å². The summed E-state index contributed by atoms with van der Waals surface area (Å²) in [5.41, 5.74) is 0.361. The lowest BCUT2D eigenvalue weighted by atomic mass is 9.82. The molecule has 0 amide bonds. The number of rotatable bonds is 5. The van der Waals surface area contributed by atoms with Crippen LogP contribution in [0, 0.1) is 11.3 Å². The number of aromatic nitrogens is 6. The van der Waals surface area contributed by atoms with Crippen molar-refractivity contribution < 1.29 is 9.50 Å². The molecule has 4 heterocycles. The molecule has 1 aromatic carbocycles. The number of alkyl halides is 1. The predicted octanol–water partition coefficient (Wildman–Crippen LogP) is 2.89. The van der Waals surface area contributed by atoms with Crippen LogP contribution < -0.4 is 10.2 Å². The zero-order valence-electron chi connectivity index (χ0n) is 20.5. The maximum Gasteiger partial charge on any atom is 0.231 e. The lowest BCUT2D eigenvalue weighted by Crippen LogP contribution is -2.66. The van der Waals surface area contributed by atoms with E-state index in [1.54, 1.807) is 25.4 Å². The topological polar surface area (TPSA) is 129 Å². The van der Waals surface area contributed by atoms with Gasteiger partial charge in [-0.1, -0.05) is 6.07 Å². The minimum atomic E-state index is -1.02. The number of benzene rings is 1. The molecule has 1 aliphatic carbocycles. The van der Waals surface area contributed by atoms with Crippen LogP contribution in [0.2, 0.25) is 0 Å². The molecule has 6 rings (SSSR count). The molecule has 2 aromatic heterocycles. The summed E-state index contributed by atoms with van der Waals surface area (Å²) in [6.45, 7) is 4.17. The second-order valence-electron chi connectivity index (χ2n) is 10.8. The number of nitriles is 1. The second-order valence-corrected chi connectivity index (χ2v) is 10.8. The smallest absolute Gasteiger partial charge is 0.231 e. The first-order valence-corrected chi connectivity index (χ1v) is 12.3. The summed E-state index contributed by atoms with van der Waals surface area (Å²) in [7, 11) is 1.63. The normalized spacial score (nSPS) is 29.2. The molecule has 2 saturated heterocycles. The Morgan fingerprint density at radius 3 is 2.67 bits per heavy atom. The average Bonchev–Trinajstić information content (AvgIpc) is 3.56. The molecule has 1 saturated carbocycles. The average molecular weight is 490 g/mol. The molecule has 3 aliphatic rings. The lowest BCUT2D eigenvalue weighted by Gasteiger charge is -2.48. The van der Waals surface area contributed by atoms with Gasteiger partial charge in [-0.2, -0.15) is 15.3 Å². The van der Waals surface area contributed by atoms with Gasteiger partial charge in [0.05, 0.1) is 17.8 Å². The third-order valence-corrected chi connectivity index (χ3v) is 7.86. The highest BCUT2D eigenvalue weighted by Gasteiger charge is 2.58. The number of phenols is 1. The highest BCUT2D eigenvalue weighted by Crippen LogP contribution is 2.47. The molecule has 36 heavy (non-hydrogen) atoms. The molecule has 0 unspecified atom stereocenters. The van der Waals surface area contributed by atoms with Crippen LogP contribution in [-0.2, 0) is 7.05 Å². The van der Waals surface area contributed by atoms with E-state index in [9.17, 15) is 5.11 Å². The monoisotopic (exact) mass is 489 g/mol. The fourth-order valence-electron chi connectivity index (χ4n) is 5.89. The summed E-state index contributed by atoms with van der Waals surface area (Å²) in [6, 6.07) is 6.86. The molecular weight excluding hydrogens is 461 g/mol. The number of hydrogen-bond donors (Lipinski definition) is 2. The summed E-state index contributed by atoms with van der Waals surface area (Å²) in [4.78, 5) is 10.8. The predicted molar refractivity (Wildman–Crippen MR) is 130 cm³/mol. The molecule has 186 valence electrons. The molecule has 2 aliphatic heterocycles. The van der Waals surface area contributed by atoms with Gasteiger partial charge in [0.25, 0.3) is 0 Å². The van der Waals surface area contributed by atoms with Crippen molar-refractivity contribution >= 4 is 5.82 Å². The maximum atomic E-state index is 15.8. The number of fused-ring (bicyclic) bond motifs is 2. The van der Waals surface area contributed by atoms with Crippen LogP contribution in [0.4, 0.5) is 10.2 Å². The molecule has 3 aromatic rings. The fraction of sp³-hybridized carbons (Fsp3) is 0.520. The molecular formula is C25H28FN9O. The Labute approximate surface area is 208 Å². The number of aromatic hydroxyl groups is 1. The highest BCUT2D eigenvalue weighted by atomic mass is 19.1. The molecule has 11 heteroatoms. The fourth-order valence-corrected chi connectivity index (χ4v) is 5.89. The van der Waals surface area contributed by atoms with Crippen molar-refractivity contribution in [1.82, 2.24) is 35.3 Å². The van der Waals surface area contributed by atoms with Gasteiger partial charge < -0.3 is 15.3 Å². The number of nitrogens with zero attached hydrogens (tertiary/aromatic N) is 8. The van der Waals surface area contributed by atoms with Crippen LogP contribution in [-0.4, -0.2) is 64.4 Å². The third kappa shape index (κ3) is 3.67. The van der Waals surface area contributed by atoms with Gasteiger partial charge in [-0.25, -0.2) is 14.1 Å². The van der Waals surface area contributed by atoms with Gasteiger partial charge in [-0.3, -0.25) is 0 Å². The van der Waals surface area contributed by atoms with Crippen LogP contribution >= 0.6 is 0 Å². The quantitative estimate of drug-likeness (QED) is 0.556. The Morgan fingerprint density at radius 1 is 1.22 bits per heavy atom. The van der Waals surface area contributed by atoms with Crippen molar-refractivity contribution in [2.24, 2.45) is 7.05 Å². The third-order valence-electron chi connectivity index (χ3n) is 7.86. The van der Waals surface area contributed by atoms with Gasteiger partial charge in [0.15, 0.2) is 17.5 Å². The summed E-state index contributed by atoms with van der Waals surface area (Å²) < 4.78 is 17.2. The zero-order chi connectivity index (χ0) is 25.2. The van der Waals surface area contributed by atoms with Crippen molar-refractivity contribution in [2.45, 2.75) is 75.3 Å². The molecule has 2 bridgehead atoms. The van der Waals surface area contributed by atoms with Crippen LogP contribution in [0.1, 0.15) is 51.8 Å². The first-order valence-electron chi connectivity index (χ1n) is 12.3. The van der Waals surface area contributed by atoms with Gasteiger partial charge >= 0.3 is 0 Å². The van der Waals surface area contributed by atoms with Crippen LogP contribution in [0.15, 0.2) is 24.4 Å². The zero-order valence-corrected chi connectivity index (χ0v) is 20.5. The number of anilines is 1. The molecule has 4 atom stereocenters. The first-order chi connectivity index (χ1) is 17.2. The highest BCUT2D eigenvalue weighted by molar-refractivity contribution is 5.70. The van der Waals surface area contributed by atoms with Crippen molar-refractivity contribution in [3.05, 3.63) is 30.2 Å². The number of nitrogens with one attached hydrogen (secondary N) is 1. The Bertz CT molecular complexity index is 1360. The first kappa shape index (κ1) is 22.8. The lowest BCUT2D eigenvalue weighted by molar-refractivity contribution is 0.0831. The molecule has 2 N–H and O–H groups in total. The Hall–Kier alpha value is -3.65. The van der Waals surface area contributed by atoms with E-state index < -0.39 is 11.7 Å². The van der Waals surface area contributed by atoms with E-state index >= 15 is 4.39 Å². The largest absolute Gasteiger partial charge is 0.507 e. The molecule has 10 nitrogen and oxygen atoms in total. The number of piperidine rings is 1. The van der Waals surface area contributed by atoms with Gasteiger partial charge in [0.1, 0.15) is 18.0 Å². The maximum absolute atomic E-state index is 15.8. The molecule has 0 spiro atoms. The van der Waals surface area contributed by atoms with E-state index in [0.717, 1.165) is 25.7 Å². The van der Waals surface area contributed by atoms with Crippen molar-refractivity contribution in [2.75, 3.05) is 4.90 Å². The summed E-state index contributed by atoms with van der Waals surface area (Å²) >= 11 is 0. The molecule has 0 radical (unpaired) electrons. The second kappa shape index (κ2) is 7.93.